The highest BCUT2D eigenvalue weighted by Gasteiger charge is 2.30. The number of rotatable bonds is 6. The Balaban J connectivity index is 1.54. The summed E-state index contributed by atoms with van der Waals surface area (Å²) in [6.45, 7) is 5.71. The van der Waals surface area contributed by atoms with E-state index in [0.717, 1.165) is 35.4 Å². The van der Waals surface area contributed by atoms with Gasteiger partial charge in [-0.3, -0.25) is 4.79 Å². The van der Waals surface area contributed by atoms with Crippen LogP contribution in [0.2, 0.25) is 0 Å². The van der Waals surface area contributed by atoms with Crippen molar-refractivity contribution < 1.29 is 13.9 Å². The Hall–Kier alpha value is -3.46. The van der Waals surface area contributed by atoms with Crippen molar-refractivity contribution in [2.45, 2.75) is 50.6 Å². The molecule has 4 aromatic rings. The van der Waals surface area contributed by atoms with Gasteiger partial charge in [-0.15, -0.1) is 0 Å². The van der Waals surface area contributed by atoms with E-state index in [1.54, 1.807) is 13.0 Å². The number of aryl methyl sites for hydroxylation is 3. The highest BCUT2D eigenvalue weighted by molar-refractivity contribution is 7.98. The van der Waals surface area contributed by atoms with E-state index >= 15 is 0 Å². The lowest BCUT2D eigenvalue weighted by atomic mass is 10.1. The normalized spacial score (nSPS) is 13.4. The Bertz CT molecular complexity index is 1490. The molecule has 0 radical (unpaired) electrons. The Morgan fingerprint density at radius 1 is 1.18 bits per heavy atom. The quantitative estimate of drug-likeness (QED) is 0.223. The average Bonchev–Trinajstić information content (AvgIpc) is 3.58. The van der Waals surface area contributed by atoms with Crippen LogP contribution in [0.25, 0.3) is 22.5 Å². The van der Waals surface area contributed by atoms with Crippen LogP contribution >= 0.6 is 11.8 Å². The molecule has 5 rings (SSSR count). The second-order valence-corrected chi connectivity index (χ2v) is 9.37. The molecule has 1 aliphatic rings. The van der Waals surface area contributed by atoms with Crippen LogP contribution in [0, 0.1) is 20.8 Å². The topological polar surface area (TPSA) is 100 Å². The summed E-state index contributed by atoms with van der Waals surface area (Å²) < 4.78 is 12.8. The highest BCUT2D eigenvalue weighted by Crippen LogP contribution is 2.40. The number of carbonyl (C=O) groups is 1. The van der Waals surface area contributed by atoms with Crippen LogP contribution in [-0.4, -0.2) is 32.6 Å². The monoisotopic (exact) mass is 476 g/mol. The van der Waals surface area contributed by atoms with Gasteiger partial charge in [0.05, 0.1) is 23.8 Å². The van der Waals surface area contributed by atoms with Crippen molar-refractivity contribution in [3.8, 4) is 11.5 Å². The van der Waals surface area contributed by atoms with E-state index in [4.69, 9.17) is 14.1 Å². The molecular formula is C25H24N4O4S. The molecule has 1 aromatic carbocycles. The molecule has 0 amide bonds. The number of benzene rings is 1. The minimum atomic E-state index is -0.570. The third-order valence-electron chi connectivity index (χ3n) is 5.90. The van der Waals surface area contributed by atoms with E-state index in [1.807, 2.05) is 42.7 Å². The third-order valence-corrected chi connectivity index (χ3v) is 6.86. The lowest BCUT2D eigenvalue weighted by Gasteiger charge is -2.15. The van der Waals surface area contributed by atoms with Crippen molar-refractivity contribution in [3.05, 3.63) is 69.0 Å². The van der Waals surface area contributed by atoms with Gasteiger partial charge in [0.1, 0.15) is 11.4 Å². The first-order valence-electron chi connectivity index (χ1n) is 11.0. The van der Waals surface area contributed by atoms with Crippen molar-refractivity contribution in [3.63, 3.8) is 0 Å². The molecule has 1 saturated carbocycles. The molecule has 3 heterocycles. The molecule has 1 aliphatic carbocycles. The fraction of sp³-hybridized carbons (Fsp3) is 0.320. The van der Waals surface area contributed by atoms with Crippen LogP contribution in [0.1, 0.15) is 52.0 Å². The van der Waals surface area contributed by atoms with E-state index in [2.05, 4.69) is 9.97 Å². The molecule has 174 valence electrons. The first-order valence-corrected chi connectivity index (χ1v) is 12.0. The number of nitrogens with zero attached hydrogens (tertiary/aromatic N) is 4. The van der Waals surface area contributed by atoms with Crippen LogP contribution in [-0.2, 0) is 10.5 Å². The molecule has 9 heteroatoms. The number of methoxy groups -OCH3 is 1. The third kappa shape index (κ3) is 4.00. The number of ether oxygens (including phenoxy) is 1. The largest absolute Gasteiger partial charge is 0.465 e. The molecule has 34 heavy (non-hydrogen) atoms. The summed E-state index contributed by atoms with van der Waals surface area (Å²) in [6, 6.07) is 9.72. The van der Waals surface area contributed by atoms with E-state index in [9.17, 15) is 9.59 Å². The maximum absolute atomic E-state index is 13.0. The molecule has 0 atom stereocenters. The molecule has 0 aliphatic heterocycles. The minimum absolute atomic E-state index is 0.193. The Kier molecular flexibility index (Phi) is 5.73. The molecule has 8 nitrogen and oxygen atoms in total. The van der Waals surface area contributed by atoms with Gasteiger partial charge in [-0.2, -0.15) is 4.98 Å². The highest BCUT2D eigenvalue weighted by atomic mass is 32.2. The smallest absolute Gasteiger partial charge is 0.338 e. The fourth-order valence-electron chi connectivity index (χ4n) is 3.99. The standard InChI is InChI=1S/C25H24N4O4S/c1-13-7-5-6-8-17(13)23-27-19(15(3)33-23)12-34-25-28-22(30)20-18(24(31)32-4)11-14(2)26-21(20)29(25)16-9-10-16/h5-8,11,16H,9-10,12H2,1-4H3. The molecule has 0 saturated heterocycles. The van der Waals surface area contributed by atoms with Gasteiger partial charge in [-0.25, -0.2) is 14.8 Å². The number of fused-ring (bicyclic) bond motifs is 1. The zero-order chi connectivity index (χ0) is 24.0. The summed E-state index contributed by atoms with van der Waals surface area (Å²) >= 11 is 1.42. The maximum Gasteiger partial charge on any atom is 0.338 e. The van der Waals surface area contributed by atoms with Gasteiger partial charge in [0.2, 0.25) is 5.89 Å². The van der Waals surface area contributed by atoms with Crippen molar-refractivity contribution in [2.75, 3.05) is 7.11 Å². The molecule has 0 bridgehead atoms. The lowest BCUT2D eigenvalue weighted by Crippen LogP contribution is -2.20. The predicted octanol–water partition coefficient (Wildman–Crippen LogP) is 4.79. The number of aromatic nitrogens is 4. The maximum atomic E-state index is 13.0. The number of oxazole rings is 1. The van der Waals surface area contributed by atoms with Crippen LogP contribution in [0.15, 0.2) is 44.7 Å². The number of pyridine rings is 1. The summed E-state index contributed by atoms with van der Waals surface area (Å²) in [6.07, 6.45) is 1.94. The first kappa shape index (κ1) is 22.3. The van der Waals surface area contributed by atoms with Crippen molar-refractivity contribution >= 4 is 28.8 Å². The second kappa shape index (κ2) is 8.72. The zero-order valence-electron chi connectivity index (χ0n) is 19.4. The summed E-state index contributed by atoms with van der Waals surface area (Å²) in [4.78, 5) is 39.1. The SMILES string of the molecule is COC(=O)c1cc(C)nc2c1c(=O)nc(SCc1nc(-c3ccccc3C)oc1C)n2C1CC1. The van der Waals surface area contributed by atoms with E-state index in [0.29, 0.717) is 28.1 Å². The molecular weight excluding hydrogens is 452 g/mol. The lowest BCUT2D eigenvalue weighted by molar-refractivity contribution is 0.0602. The van der Waals surface area contributed by atoms with Crippen LogP contribution in [0.3, 0.4) is 0 Å². The van der Waals surface area contributed by atoms with Gasteiger partial charge in [0.25, 0.3) is 5.56 Å². The molecule has 3 aromatic heterocycles. The van der Waals surface area contributed by atoms with Crippen LogP contribution < -0.4 is 5.56 Å². The van der Waals surface area contributed by atoms with Crippen molar-refractivity contribution in [1.82, 2.24) is 19.5 Å². The van der Waals surface area contributed by atoms with Gasteiger partial charge in [-0.1, -0.05) is 30.0 Å². The number of hydrogen-bond donors (Lipinski definition) is 0. The summed E-state index contributed by atoms with van der Waals surface area (Å²) in [5, 5.41) is 0.766. The zero-order valence-corrected chi connectivity index (χ0v) is 20.2. The second-order valence-electron chi connectivity index (χ2n) is 8.43. The first-order chi connectivity index (χ1) is 16.4. The van der Waals surface area contributed by atoms with E-state index in [-0.39, 0.29) is 17.0 Å². The summed E-state index contributed by atoms with van der Waals surface area (Å²) in [5.41, 5.74) is 3.66. The fourth-order valence-corrected chi connectivity index (χ4v) is 5.04. The van der Waals surface area contributed by atoms with Gasteiger partial charge < -0.3 is 13.7 Å². The number of carbonyl (C=O) groups excluding carboxylic acids is 1. The van der Waals surface area contributed by atoms with Gasteiger partial charge >= 0.3 is 5.97 Å². The molecule has 0 spiro atoms. The number of esters is 1. The van der Waals surface area contributed by atoms with Gasteiger partial charge in [0.15, 0.2) is 5.16 Å². The molecule has 1 fully saturated rings. The minimum Gasteiger partial charge on any atom is -0.465 e. The summed E-state index contributed by atoms with van der Waals surface area (Å²) in [5.74, 6) is 1.23. The average molecular weight is 477 g/mol. The predicted molar refractivity (Wildman–Crippen MR) is 129 cm³/mol. The number of hydrogen-bond acceptors (Lipinski definition) is 8. The summed E-state index contributed by atoms with van der Waals surface area (Å²) in [7, 11) is 1.30. The Labute approximate surface area is 200 Å². The number of thioether (sulfide) groups is 1. The van der Waals surface area contributed by atoms with Crippen LogP contribution in [0.5, 0.6) is 0 Å². The van der Waals surface area contributed by atoms with E-state index in [1.165, 1.54) is 18.9 Å². The van der Waals surface area contributed by atoms with Crippen molar-refractivity contribution in [2.24, 2.45) is 0 Å². The molecule has 0 N–H and O–H groups in total. The Morgan fingerprint density at radius 3 is 2.65 bits per heavy atom. The molecule has 0 unspecified atom stereocenters. The van der Waals surface area contributed by atoms with Crippen LogP contribution in [0.4, 0.5) is 0 Å². The van der Waals surface area contributed by atoms with E-state index < -0.39 is 11.5 Å². The van der Waals surface area contributed by atoms with Gasteiger partial charge in [0, 0.05) is 23.1 Å². The Morgan fingerprint density at radius 2 is 1.94 bits per heavy atom. The van der Waals surface area contributed by atoms with Gasteiger partial charge in [-0.05, 0) is 51.3 Å². The van der Waals surface area contributed by atoms with Crippen molar-refractivity contribution in [1.29, 1.82) is 0 Å².